The molecule has 1 aliphatic rings. The quantitative estimate of drug-likeness (QED) is 0.753. The van der Waals surface area contributed by atoms with Gasteiger partial charge in [0.15, 0.2) is 0 Å². The number of halogens is 1. The van der Waals surface area contributed by atoms with Crippen LogP contribution in [-0.4, -0.2) is 46.3 Å². The average molecular weight is 376 g/mol. The second kappa shape index (κ2) is 8.36. The van der Waals surface area contributed by atoms with Crippen molar-refractivity contribution in [2.24, 2.45) is 5.92 Å². The highest BCUT2D eigenvalue weighted by atomic mass is 35.5. The first-order valence-corrected chi connectivity index (χ1v) is 9.18. The van der Waals surface area contributed by atoms with Gasteiger partial charge in [-0.05, 0) is 31.4 Å². The summed E-state index contributed by atoms with van der Waals surface area (Å²) in [6, 6.07) is 7.55. The number of carbonyl (C=O) groups excluding carboxylic acids is 2. The maximum absolute atomic E-state index is 12.8. The molecule has 1 saturated heterocycles. The van der Waals surface area contributed by atoms with Gasteiger partial charge < -0.3 is 9.64 Å². The predicted molar refractivity (Wildman–Crippen MR) is 98.0 cm³/mol. The van der Waals surface area contributed by atoms with Crippen LogP contribution in [0.25, 0.3) is 0 Å². The molecule has 0 radical (unpaired) electrons. The van der Waals surface area contributed by atoms with Gasteiger partial charge in [0.2, 0.25) is 0 Å². The van der Waals surface area contributed by atoms with Crippen LogP contribution in [-0.2, 0) is 16.1 Å². The number of hydrogen-bond acceptors (Lipinski definition) is 4. The van der Waals surface area contributed by atoms with Crippen LogP contribution in [0, 0.1) is 5.92 Å². The van der Waals surface area contributed by atoms with Gasteiger partial charge in [-0.15, -0.1) is 0 Å². The Labute approximate surface area is 157 Å². The molecule has 138 valence electrons. The molecule has 0 unspecified atom stereocenters. The van der Waals surface area contributed by atoms with Gasteiger partial charge in [-0.2, -0.15) is 5.10 Å². The van der Waals surface area contributed by atoms with Crippen molar-refractivity contribution in [3.05, 3.63) is 52.8 Å². The first-order valence-electron chi connectivity index (χ1n) is 8.80. The van der Waals surface area contributed by atoms with Crippen molar-refractivity contribution in [1.29, 1.82) is 0 Å². The van der Waals surface area contributed by atoms with Crippen LogP contribution in [0.2, 0.25) is 5.02 Å². The Balaban J connectivity index is 1.66. The molecule has 1 aromatic carbocycles. The lowest BCUT2D eigenvalue weighted by atomic mass is 9.98. The van der Waals surface area contributed by atoms with Crippen LogP contribution in [0.5, 0.6) is 0 Å². The topological polar surface area (TPSA) is 64.4 Å². The number of aromatic nitrogens is 2. The number of likely N-dealkylation sites (tertiary alicyclic amines) is 1. The van der Waals surface area contributed by atoms with Gasteiger partial charge in [0.1, 0.15) is 0 Å². The summed E-state index contributed by atoms with van der Waals surface area (Å²) in [5.41, 5.74) is 1.46. The zero-order chi connectivity index (χ0) is 18.5. The molecule has 2 heterocycles. The first-order chi connectivity index (χ1) is 12.6. The van der Waals surface area contributed by atoms with E-state index in [0.29, 0.717) is 36.8 Å². The number of carbonyl (C=O) groups is 2. The van der Waals surface area contributed by atoms with Crippen LogP contribution in [0.3, 0.4) is 0 Å². The lowest BCUT2D eigenvalue weighted by Gasteiger charge is -2.31. The Bertz CT molecular complexity index is 790. The molecule has 6 nitrogen and oxygen atoms in total. The molecular weight excluding hydrogens is 354 g/mol. The van der Waals surface area contributed by atoms with E-state index in [4.69, 9.17) is 16.3 Å². The Morgan fingerprint density at radius 3 is 2.92 bits per heavy atom. The third-order valence-electron chi connectivity index (χ3n) is 4.50. The van der Waals surface area contributed by atoms with Gasteiger partial charge in [0, 0.05) is 24.3 Å². The summed E-state index contributed by atoms with van der Waals surface area (Å²) in [6.45, 7) is 3.69. The third-order valence-corrected chi connectivity index (χ3v) is 4.87. The number of piperidine rings is 1. The van der Waals surface area contributed by atoms with Crippen LogP contribution in [0.4, 0.5) is 0 Å². The summed E-state index contributed by atoms with van der Waals surface area (Å²) < 4.78 is 6.79. The van der Waals surface area contributed by atoms with Gasteiger partial charge in [0.25, 0.3) is 5.91 Å². The molecule has 2 aromatic rings. The highest BCUT2D eigenvalue weighted by Crippen LogP contribution is 2.20. The zero-order valence-corrected chi connectivity index (χ0v) is 15.5. The number of amides is 1. The van der Waals surface area contributed by atoms with Crippen LogP contribution < -0.4 is 0 Å². The number of ether oxygens (including phenoxy) is 1. The van der Waals surface area contributed by atoms with E-state index in [-0.39, 0.29) is 17.8 Å². The summed E-state index contributed by atoms with van der Waals surface area (Å²) in [6.07, 6.45) is 4.84. The van der Waals surface area contributed by atoms with Gasteiger partial charge in [-0.3, -0.25) is 14.3 Å². The van der Waals surface area contributed by atoms with E-state index in [1.807, 2.05) is 24.3 Å². The number of nitrogens with zero attached hydrogens (tertiary/aromatic N) is 3. The summed E-state index contributed by atoms with van der Waals surface area (Å²) in [4.78, 5) is 26.4. The largest absolute Gasteiger partial charge is 0.466 e. The highest BCUT2D eigenvalue weighted by molar-refractivity contribution is 6.31. The molecule has 7 heteroatoms. The minimum Gasteiger partial charge on any atom is -0.466 e. The van der Waals surface area contributed by atoms with Crippen molar-refractivity contribution >= 4 is 23.5 Å². The van der Waals surface area contributed by atoms with Crippen molar-refractivity contribution in [2.75, 3.05) is 19.7 Å². The molecule has 1 fully saturated rings. The summed E-state index contributed by atoms with van der Waals surface area (Å²) in [7, 11) is 0. The van der Waals surface area contributed by atoms with Crippen LogP contribution in [0.15, 0.2) is 36.7 Å². The SMILES string of the molecule is CCOC(=O)[C@H]1CCCN(C(=O)c2cnn(Cc3ccccc3Cl)c2)C1. The number of rotatable bonds is 5. The number of benzene rings is 1. The standard InChI is InChI=1S/C19H22ClN3O3/c1-2-26-19(25)15-7-5-9-22(11-15)18(24)16-10-21-23(13-16)12-14-6-3-4-8-17(14)20/h3-4,6,8,10,13,15H,2,5,7,9,11-12H2,1H3/t15-/m0/s1. The van der Waals surface area contributed by atoms with Gasteiger partial charge in [-0.1, -0.05) is 29.8 Å². The Kier molecular flexibility index (Phi) is 5.93. The fourth-order valence-corrected chi connectivity index (χ4v) is 3.35. The van der Waals surface area contributed by atoms with Crippen molar-refractivity contribution in [2.45, 2.75) is 26.3 Å². The maximum atomic E-state index is 12.8. The fraction of sp³-hybridized carbons (Fsp3) is 0.421. The highest BCUT2D eigenvalue weighted by Gasteiger charge is 2.30. The molecule has 0 bridgehead atoms. The van der Waals surface area contributed by atoms with Crippen molar-refractivity contribution in [1.82, 2.24) is 14.7 Å². The Hall–Kier alpha value is -2.34. The van der Waals surface area contributed by atoms with E-state index in [2.05, 4.69) is 5.10 Å². The second-order valence-electron chi connectivity index (χ2n) is 6.36. The summed E-state index contributed by atoms with van der Waals surface area (Å²) in [5.74, 6) is -0.574. The zero-order valence-electron chi connectivity index (χ0n) is 14.7. The van der Waals surface area contributed by atoms with E-state index < -0.39 is 0 Å². The fourth-order valence-electron chi connectivity index (χ4n) is 3.16. The third kappa shape index (κ3) is 4.25. The minimum atomic E-state index is -0.245. The molecule has 0 aliphatic carbocycles. The Morgan fingerprint density at radius 1 is 1.35 bits per heavy atom. The van der Waals surface area contributed by atoms with Crippen molar-refractivity contribution in [3.8, 4) is 0 Å². The number of hydrogen-bond donors (Lipinski definition) is 0. The smallest absolute Gasteiger partial charge is 0.310 e. The molecular formula is C19H22ClN3O3. The Morgan fingerprint density at radius 2 is 2.15 bits per heavy atom. The van der Waals surface area contributed by atoms with E-state index >= 15 is 0 Å². The van der Waals surface area contributed by atoms with Gasteiger partial charge in [0.05, 0.1) is 30.8 Å². The molecule has 26 heavy (non-hydrogen) atoms. The van der Waals surface area contributed by atoms with E-state index in [9.17, 15) is 9.59 Å². The van der Waals surface area contributed by atoms with Crippen molar-refractivity contribution < 1.29 is 14.3 Å². The molecule has 1 atom stereocenters. The van der Waals surface area contributed by atoms with Gasteiger partial charge >= 0.3 is 5.97 Å². The van der Waals surface area contributed by atoms with Crippen LogP contribution in [0.1, 0.15) is 35.7 Å². The van der Waals surface area contributed by atoms with E-state index in [1.165, 1.54) is 0 Å². The lowest BCUT2D eigenvalue weighted by molar-refractivity contribution is -0.149. The molecule has 1 aromatic heterocycles. The molecule has 0 spiro atoms. The molecule has 3 rings (SSSR count). The van der Waals surface area contributed by atoms with Crippen LogP contribution >= 0.6 is 11.6 Å². The normalized spacial score (nSPS) is 17.2. The van der Waals surface area contributed by atoms with Crippen molar-refractivity contribution in [3.63, 3.8) is 0 Å². The molecule has 0 N–H and O–H groups in total. The summed E-state index contributed by atoms with van der Waals surface area (Å²) in [5, 5.41) is 4.94. The van der Waals surface area contributed by atoms with Gasteiger partial charge in [-0.25, -0.2) is 0 Å². The monoisotopic (exact) mass is 375 g/mol. The molecule has 1 amide bonds. The maximum Gasteiger partial charge on any atom is 0.310 e. The molecule has 1 aliphatic heterocycles. The minimum absolute atomic E-state index is 0.107. The molecule has 0 saturated carbocycles. The second-order valence-corrected chi connectivity index (χ2v) is 6.77. The summed E-state index contributed by atoms with van der Waals surface area (Å²) >= 11 is 6.18. The average Bonchev–Trinajstić information content (AvgIpc) is 3.12. The van der Waals surface area contributed by atoms with E-state index in [1.54, 1.807) is 28.9 Å². The first kappa shape index (κ1) is 18.5. The number of esters is 1. The lowest BCUT2D eigenvalue weighted by Crippen LogP contribution is -2.42. The van der Waals surface area contributed by atoms with E-state index in [0.717, 1.165) is 18.4 Å². The predicted octanol–water partition coefficient (Wildman–Crippen LogP) is 3.00.